The second-order valence-electron chi connectivity index (χ2n) is 6.19. The lowest BCUT2D eigenvalue weighted by Crippen LogP contribution is -2.33. The van der Waals surface area contributed by atoms with E-state index in [0.29, 0.717) is 0 Å². The molecule has 1 aliphatic heterocycles. The highest BCUT2D eigenvalue weighted by atomic mass is 16.5. The van der Waals surface area contributed by atoms with Crippen molar-refractivity contribution in [2.45, 2.75) is 17.9 Å². The Balaban J connectivity index is 1.87. The van der Waals surface area contributed by atoms with E-state index in [9.17, 15) is 4.79 Å². The molecule has 3 atom stereocenters. The molecule has 23 heavy (non-hydrogen) atoms. The van der Waals surface area contributed by atoms with Crippen molar-refractivity contribution in [3.05, 3.63) is 77.4 Å². The SMILES string of the molecule is COC(=O)C1=C[C@H](c2ccccc2)[C@@H]2c3ccccc3N(C)[C@H]12. The van der Waals surface area contributed by atoms with Gasteiger partial charge in [-0.1, -0.05) is 54.6 Å². The molecule has 3 heteroatoms. The van der Waals surface area contributed by atoms with E-state index in [-0.39, 0.29) is 23.8 Å². The molecule has 0 aromatic heterocycles. The van der Waals surface area contributed by atoms with E-state index < -0.39 is 0 Å². The van der Waals surface area contributed by atoms with Gasteiger partial charge in [0.25, 0.3) is 0 Å². The highest BCUT2D eigenvalue weighted by Gasteiger charge is 2.49. The van der Waals surface area contributed by atoms with Crippen LogP contribution in [0.25, 0.3) is 0 Å². The summed E-state index contributed by atoms with van der Waals surface area (Å²) < 4.78 is 5.04. The molecule has 0 radical (unpaired) electrons. The van der Waals surface area contributed by atoms with Crippen LogP contribution in [0, 0.1) is 0 Å². The highest BCUT2D eigenvalue weighted by Crippen LogP contribution is 2.54. The van der Waals surface area contributed by atoms with Crippen LogP contribution in [0.1, 0.15) is 23.0 Å². The molecule has 2 aromatic rings. The fourth-order valence-electron chi connectivity index (χ4n) is 4.12. The van der Waals surface area contributed by atoms with Gasteiger partial charge in [-0.05, 0) is 17.2 Å². The number of methoxy groups -OCH3 is 1. The molecular weight excluding hydrogens is 286 g/mol. The van der Waals surface area contributed by atoms with E-state index in [2.05, 4.69) is 66.6 Å². The molecule has 0 saturated heterocycles. The van der Waals surface area contributed by atoms with Crippen LogP contribution in [0.4, 0.5) is 5.69 Å². The summed E-state index contributed by atoms with van der Waals surface area (Å²) in [5.41, 5.74) is 4.53. The van der Waals surface area contributed by atoms with Crippen LogP contribution in [0.5, 0.6) is 0 Å². The summed E-state index contributed by atoms with van der Waals surface area (Å²) >= 11 is 0. The number of esters is 1. The number of benzene rings is 2. The Labute approximate surface area is 136 Å². The molecule has 1 aliphatic carbocycles. The minimum atomic E-state index is -0.224. The Kier molecular flexibility index (Phi) is 3.22. The lowest BCUT2D eigenvalue weighted by molar-refractivity contribution is -0.136. The van der Waals surface area contributed by atoms with Crippen LogP contribution in [0.15, 0.2) is 66.2 Å². The van der Waals surface area contributed by atoms with Crippen LogP contribution in [0.3, 0.4) is 0 Å². The van der Waals surface area contributed by atoms with E-state index in [1.54, 1.807) is 0 Å². The molecule has 0 amide bonds. The summed E-state index contributed by atoms with van der Waals surface area (Å²) in [6.07, 6.45) is 2.10. The third-order valence-corrected chi connectivity index (χ3v) is 5.10. The number of anilines is 1. The van der Waals surface area contributed by atoms with E-state index in [1.807, 2.05) is 6.07 Å². The average molecular weight is 305 g/mol. The van der Waals surface area contributed by atoms with Crippen molar-refractivity contribution in [3.63, 3.8) is 0 Å². The first-order valence-electron chi connectivity index (χ1n) is 7.89. The van der Waals surface area contributed by atoms with Gasteiger partial charge in [-0.3, -0.25) is 0 Å². The Bertz CT molecular complexity index is 781. The van der Waals surface area contributed by atoms with Crippen molar-refractivity contribution < 1.29 is 9.53 Å². The van der Waals surface area contributed by atoms with E-state index in [0.717, 1.165) is 5.57 Å². The number of allylic oxidation sites excluding steroid dienone is 1. The van der Waals surface area contributed by atoms with Gasteiger partial charge in [-0.25, -0.2) is 4.79 Å². The van der Waals surface area contributed by atoms with Crippen LogP contribution >= 0.6 is 0 Å². The van der Waals surface area contributed by atoms with Gasteiger partial charge >= 0.3 is 5.97 Å². The Morgan fingerprint density at radius 3 is 2.48 bits per heavy atom. The smallest absolute Gasteiger partial charge is 0.335 e. The Morgan fingerprint density at radius 2 is 1.74 bits per heavy atom. The summed E-state index contributed by atoms with van der Waals surface area (Å²) in [4.78, 5) is 14.5. The summed E-state index contributed by atoms with van der Waals surface area (Å²) in [5, 5.41) is 0. The van der Waals surface area contributed by atoms with Gasteiger partial charge in [0.2, 0.25) is 0 Å². The quantitative estimate of drug-likeness (QED) is 0.796. The predicted octanol–water partition coefficient (Wildman–Crippen LogP) is 3.49. The van der Waals surface area contributed by atoms with Gasteiger partial charge < -0.3 is 9.64 Å². The minimum Gasteiger partial charge on any atom is -0.466 e. The summed E-state index contributed by atoms with van der Waals surface area (Å²) in [7, 11) is 3.52. The van der Waals surface area contributed by atoms with E-state index >= 15 is 0 Å². The van der Waals surface area contributed by atoms with Crippen molar-refractivity contribution >= 4 is 11.7 Å². The van der Waals surface area contributed by atoms with Gasteiger partial charge in [-0.2, -0.15) is 0 Å². The number of likely N-dealkylation sites (N-methyl/N-ethyl adjacent to an activating group) is 1. The fourth-order valence-corrected chi connectivity index (χ4v) is 4.12. The first-order valence-corrected chi connectivity index (χ1v) is 7.89. The van der Waals surface area contributed by atoms with Crippen LogP contribution in [-0.4, -0.2) is 26.2 Å². The minimum absolute atomic E-state index is 0.0463. The number of hydrogen-bond acceptors (Lipinski definition) is 3. The molecular formula is C20H19NO2. The average Bonchev–Trinajstić information content (AvgIpc) is 3.13. The lowest BCUT2D eigenvalue weighted by Gasteiger charge is -2.25. The molecule has 1 heterocycles. The number of fused-ring (bicyclic) bond motifs is 3. The van der Waals surface area contributed by atoms with Gasteiger partial charge in [0, 0.05) is 24.6 Å². The summed E-state index contributed by atoms with van der Waals surface area (Å²) in [6, 6.07) is 18.9. The maximum atomic E-state index is 12.3. The predicted molar refractivity (Wildman–Crippen MR) is 90.7 cm³/mol. The molecule has 0 bridgehead atoms. The van der Waals surface area contributed by atoms with Gasteiger partial charge in [0.15, 0.2) is 0 Å². The third kappa shape index (κ3) is 2.00. The highest BCUT2D eigenvalue weighted by molar-refractivity contribution is 5.93. The second kappa shape index (κ2) is 5.27. The van der Waals surface area contributed by atoms with Crippen molar-refractivity contribution in [2.75, 3.05) is 19.1 Å². The number of rotatable bonds is 2. The molecule has 0 spiro atoms. The van der Waals surface area contributed by atoms with Crippen LogP contribution in [-0.2, 0) is 9.53 Å². The normalized spacial score (nSPS) is 24.9. The number of carbonyl (C=O) groups is 1. The molecule has 0 fully saturated rings. The molecule has 4 rings (SSSR count). The van der Waals surface area contributed by atoms with E-state index in [1.165, 1.54) is 23.9 Å². The maximum Gasteiger partial charge on any atom is 0.335 e. The van der Waals surface area contributed by atoms with Crippen molar-refractivity contribution in [1.82, 2.24) is 0 Å². The number of carbonyl (C=O) groups excluding carboxylic acids is 1. The second-order valence-corrected chi connectivity index (χ2v) is 6.19. The first-order chi connectivity index (χ1) is 11.2. The van der Waals surface area contributed by atoms with Gasteiger partial charge in [-0.15, -0.1) is 0 Å². The van der Waals surface area contributed by atoms with E-state index in [4.69, 9.17) is 4.74 Å². The third-order valence-electron chi connectivity index (χ3n) is 5.10. The van der Waals surface area contributed by atoms with Crippen LogP contribution in [0.2, 0.25) is 0 Å². The molecule has 116 valence electrons. The molecule has 3 nitrogen and oxygen atoms in total. The number of nitrogens with zero attached hydrogens (tertiary/aromatic N) is 1. The van der Waals surface area contributed by atoms with Gasteiger partial charge in [0.05, 0.1) is 18.7 Å². The molecule has 0 N–H and O–H groups in total. The number of para-hydroxylation sites is 1. The molecule has 0 unspecified atom stereocenters. The summed E-state index contributed by atoms with van der Waals surface area (Å²) in [6.45, 7) is 0. The lowest BCUT2D eigenvalue weighted by atomic mass is 9.83. The van der Waals surface area contributed by atoms with Crippen LogP contribution < -0.4 is 4.90 Å². The van der Waals surface area contributed by atoms with Crippen molar-refractivity contribution in [3.8, 4) is 0 Å². The standard InChI is InChI=1S/C20H19NO2/c1-21-17-11-7-6-10-14(17)18-15(13-8-4-3-5-9-13)12-16(19(18)21)20(22)23-2/h3-12,15,18-19H,1-2H3/t15-,18+,19-/m1/s1. The first kappa shape index (κ1) is 14.1. The maximum absolute atomic E-state index is 12.3. The topological polar surface area (TPSA) is 29.5 Å². The zero-order valence-corrected chi connectivity index (χ0v) is 13.3. The molecule has 0 saturated carbocycles. The molecule has 2 aromatic carbocycles. The Morgan fingerprint density at radius 1 is 1.04 bits per heavy atom. The fraction of sp³-hybridized carbons (Fsp3) is 0.250. The Hall–Kier alpha value is -2.55. The zero-order valence-electron chi connectivity index (χ0n) is 13.3. The summed E-state index contributed by atoms with van der Waals surface area (Å²) in [5.74, 6) is 0.229. The van der Waals surface area contributed by atoms with Crippen molar-refractivity contribution in [1.29, 1.82) is 0 Å². The number of hydrogen-bond donors (Lipinski definition) is 0. The monoisotopic (exact) mass is 305 g/mol. The van der Waals surface area contributed by atoms with Gasteiger partial charge in [0.1, 0.15) is 0 Å². The largest absolute Gasteiger partial charge is 0.466 e. The zero-order chi connectivity index (χ0) is 16.0. The molecule has 2 aliphatic rings. The van der Waals surface area contributed by atoms with Crippen molar-refractivity contribution in [2.24, 2.45) is 0 Å². The number of ether oxygens (including phenoxy) is 1.